The zero-order valence-electron chi connectivity index (χ0n) is 10.4. The Kier molecular flexibility index (Phi) is 3.68. The van der Waals surface area contributed by atoms with Crippen LogP contribution < -0.4 is 0 Å². The number of aliphatic hydroxyl groups excluding tert-OH is 2. The van der Waals surface area contributed by atoms with Gasteiger partial charge in [-0.3, -0.25) is 5.10 Å². The third-order valence-corrected chi connectivity index (χ3v) is 2.85. The smallest absolute Gasteiger partial charge is 0.337 e. The molecule has 1 aromatic heterocycles. The van der Waals surface area contributed by atoms with E-state index in [4.69, 9.17) is 5.11 Å². The molecule has 8 heteroatoms. The number of H-pyrrole nitrogens is 1. The van der Waals surface area contributed by atoms with Crippen molar-refractivity contribution in [3.63, 3.8) is 0 Å². The average Bonchev–Trinajstić information content (AvgIpc) is 2.87. The van der Waals surface area contributed by atoms with E-state index < -0.39 is 24.1 Å². The molecule has 1 aromatic carbocycles. The van der Waals surface area contributed by atoms with Crippen molar-refractivity contribution in [2.24, 2.45) is 0 Å². The molecule has 20 heavy (non-hydrogen) atoms. The quantitative estimate of drug-likeness (QED) is 0.571. The monoisotopic (exact) mass is 280 g/mol. The van der Waals surface area contributed by atoms with Gasteiger partial charge in [-0.05, 0) is 18.2 Å². The van der Waals surface area contributed by atoms with Crippen molar-refractivity contribution in [1.82, 2.24) is 10.2 Å². The molecular formula is C12H12N2O6. The summed E-state index contributed by atoms with van der Waals surface area (Å²) in [5.41, 5.74) is 0.678. The van der Waals surface area contributed by atoms with Crippen molar-refractivity contribution < 1.29 is 29.6 Å². The van der Waals surface area contributed by atoms with Crippen LogP contribution in [0.15, 0.2) is 18.2 Å². The first-order chi connectivity index (χ1) is 9.45. The van der Waals surface area contributed by atoms with E-state index in [9.17, 15) is 19.8 Å². The lowest BCUT2D eigenvalue weighted by atomic mass is 10.1. The van der Waals surface area contributed by atoms with E-state index in [1.54, 1.807) is 0 Å². The SMILES string of the molecule is COC(=O)c1ccc2c(C(O)C(O)C(=O)O)[nH]nc2c1. The van der Waals surface area contributed by atoms with Gasteiger partial charge in [-0.2, -0.15) is 5.10 Å². The van der Waals surface area contributed by atoms with Crippen LogP contribution in [0.25, 0.3) is 10.9 Å². The molecule has 0 spiro atoms. The number of rotatable bonds is 4. The van der Waals surface area contributed by atoms with Gasteiger partial charge in [0.1, 0.15) is 6.10 Å². The maximum atomic E-state index is 11.4. The van der Waals surface area contributed by atoms with Gasteiger partial charge in [-0.15, -0.1) is 0 Å². The summed E-state index contributed by atoms with van der Waals surface area (Å²) in [6.45, 7) is 0. The number of hydrogen-bond acceptors (Lipinski definition) is 6. The fourth-order valence-corrected chi connectivity index (χ4v) is 1.80. The van der Waals surface area contributed by atoms with Gasteiger partial charge in [0.15, 0.2) is 6.10 Å². The molecule has 0 bridgehead atoms. The number of aromatic amines is 1. The largest absolute Gasteiger partial charge is 0.479 e. The summed E-state index contributed by atoms with van der Waals surface area (Å²) in [5, 5.41) is 34.5. The molecule has 0 radical (unpaired) electrons. The van der Waals surface area contributed by atoms with Crippen LogP contribution in [-0.2, 0) is 9.53 Å². The maximum absolute atomic E-state index is 11.4. The third kappa shape index (κ3) is 2.33. The normalized spacial score (nSPS) is 13.9. The van der Waals surface area contributed by atoms with Crippen LogP contribution in [0, 0.1) is 0 Å². The Labute approximate surface area is 112 Å². The number of carbonyl (C=O) groups is 2. The molecule has 106 valence electrons. The minimum atomic E-state index is -1.97. The topological polar surface area (TPSA) is 133 Å². The van der Waals surface area contributed by atoms with Crippen LogP contribution in [0.2, 0.25) is 0 Å². The van der Waals surface area contributed by atoms with E-state index in [-0.39, 0.29) is 11.3 Å². The van der Waals surface area contributed by atoms with Gasteiger partial charge in [0, 0.05) is 5.39 Å². The molecule has 2 rings (SSSR count). The number of fused-ring (bicyclic) bond motifs is 1. The average molecular weight is 280 g/mol. The predicted octanol–water partition coefficient (Wildman–Crippen LogP) is -0.172. The van der Waals surface area contributed by atoms with E-state index >= 15 is 0 Å². The number of hydrogen-bond donors (Lipinski definition) is 4. The number of carbonyl (C=O) groups excluding carboxylic acids is 1. The zero-order chi connectivity index (χ0) is 14.9. The number of ether oxygens (including phenoxy) is 1. The van der Waals surface area contributed by atoms with Gasteiger partial charge in [0.2, 0.25) is 0 Å². The molecule has 0 saturated carbocycles. The summed E-state index contributed by atoms with van der Waals surface area (Å²) in [6.07, 6.45) is -3.62. The predicted molar refractivity (Wildman–Crippen MR) is 66.0 cm³/mol. The number of aliphatic hydroxyl groups is 2. The molecule has 1 heterocycles. The van der Waals surface area contributed by atoms with Crippen LogP contribution in [0.1, 0.15) is 22.2 Å². The van der Waals surface area contributed by atoms with Crippen LogP contribution in [0.5, 0.6) is 0 Å². The lowest BCUT2D eigenvalue weighted by molar-refractivity contribution is -0.153. The molecule has 0 aliphatic carbocycles. The molecule has 0 aliphatic rings. The maximum Gasteiger partial charge on any atom is 0.337 e. The fourth-order valence-electron chi connectivity index (χ4n) is 1.80. The van der Waals surface area contributed by atoms with Crippen LogP contribution in [-0.4, -0.2) is 50.7 Å². The van der Waals surface area contributed by atoms with Crippen molar-refractivity contribution in [3.05, 3.63) is 29.5 Å². The summed E-state index contributed by atoms with van der Waals surface area (Å²) in [6, 6.07) is 4.37. The lowest BCUT2D eigenvalue weighted by Gasteiger charge is -2.12. The van der Waals surface area contributed by atoms with Gasteiger partial charge in [0.05, 0.1) is 23.9 Å². The van der Waals surface area contributed by atoms with Gasteiger partial charge >= 0.3 is 11.9 Å². The number of aromatic nitrogens is 2. The second kappa shape index (κ2) is 5.27. The first kappa shape index (κ1) is 14.0. The molecule has 8 nitrogen and oxygen atoms in total. The van der Waals surface area contributed by atoms with Crippen LogP contribution in [0.4, 0.5) is 0 Å². The fraction of sp³-hybridized carbons (Fsp3) is 0.250. The number of nitrogens with one attached hydrogen (secondary N) is 1. The van der Waals surface area contributed by atoms with Gasteiger partial charge in [0.25, 0.3) is 0 Å². The molecule has 0 aliphatic heterocycles. The number of nitrogens with zero attached hydrogens (tertiary/aromatic N) is 1. The minimum Gasteiger partial charge on any atom is -0.479 e. The van der Waals surface area contributed by atoms with Gasteiger partial charge < -0.3 is 20.1 Å². The molecule has 2 unspecified atom stereocenters. The number of methoxy groups -OCH3 is 1. The van der Waals surface area contributed by atoms with Gasteiger partial charge in [-0.25, -0.2) is 9.59 Å². The highest BCUT2D eigenvalue weighted by molar-refractivity contribution is 5.95. The molecule has 0 fully saturated rings. The summed E-state index contributed by atoms with van der Waals surface area (Å²) < 4.78 is 4.57. The highest BCUT2D eigenvalue weighted by atomic mass is 16.5. The van der Waals surface area contributed by atoms with E-state index in [0.29, 0.717) is 10.9 Å². The van der Waals surface area contributed by atoms with Crippen LogP contribution in [0.3, 0.4) is 0 Å². The van der Waals surface area contributed by atoms with Crippen molar-refractivity contribution >= 4 is 22.8 Å². The van der Waals surface area contributed by atoms with Crippen molar-refractivity contribution in [2.45, 2.75) is 12.2 Å². The van der Waals surface area contributed by atoms with Crippen molar-refractivity contribution in [3.8, 4) is 0 Å². The molecular weight excluding hydrogens is 268 g/mol. The number of carboxylic acid groups (broad SMARTS) is 1. The highest BCUT2D eigenvalue weighted by Gasteiger charge is 2.28. The Hall–Kier alpha value is -2.45. The minimum absolute atomic E-state index is 0.0614. The van der Waals surface area contributed by atoms with E-state index in [2.05, 4.69) is 14.9 Å². The lowest BCUT2D eigenvalue weighted by Crippen LogP contribution is -2.27. The second-order valence-electron chi connectivity index (χ2n) is 4.09. The second-order valence-corrected chi connectivity index (χ2v) is 4.09. The van der Waals surface area contributed by atoms with E-state index in [0.717, 1.165) is 0 Å². The Morgan fingerprint density at radius 3 is 2.65 bits per heavy atom. The first-order valence-electron chi connectivity index (χ1n) is 5.61. The standard InChI is InChI=1S/C12H12N2O6/c1-20-12(19)5-2-3-6-7(4-5)13-14-8(6)9(15)10(16)11(17)18/h2-4,9-10,15-16H,1H3,(H,13,14)(H,17,18). The molecule has 0 saturated heterocycles. The van der Waals surface area contributed by atoms with Crippen LogP contribution >= 0.6 is 0 Å². The Morgan fingerprint density at radius 1 is 1.35 bits per heavy atom. The van der Waals surface area contributed by atoms with E-state index in [1.807, 2.05) is 0 Å². The summed E-state index contributed by atoms with van der Waals surface area (Å²) >= 11 is 0. The molecule has 2 aromatic rings. The van der Waals surface area contributed by atoms with E-state index in [1.165, 1.54) is 25.3 Å². The Balaban J connectivity index is 2.43. The highest BCUT2D eigenvalue weighted by Crippen LogP contribution is 2.25. The summed E-state index contributed by atoms with van der Waals surface area (Å²) in [4.78, 5) is 22.0. The Bertz CT molecular complexity index is 665. The van der Waals surface area contributed by atoms with Crippen molar-refractivity contribution in [2.75, 3.05) is 7.11 Å². The number of esters is 1. The number of carboxylic acids is 1. The Morgan fingerprint density at radius 2 is 2.05 bits per heavy atom. The number of benzene rings is 1. The molecule has 0 amide bonds. The first-order valence-corrected chi connectivity index (χ1v) is 5.61. The third-order valence-electron chi connectivity index (χ3n) is 2.85. The zero-order valence-corrected chi connectivity index (χ0v) is 10.4. The summed E-state index contributed by atoms with van der Waals surface area (Å²) in [7, 11) is 1.25. The van der Waals surface area contributed by atoms with Crippen molar-refractivity contribution in [1.29, 1.82) is 0 Å². The molecule has 4 N–H and O–H groups in total. The summed E-state index contributed by atoms with van der Waals surface area (Å²) in [5.74, 6) is -2.09. The van der Waals surface area contributed by atoms with Gasteiger partial charge in [-0.1, -0.05) is 0 Å². The molecule has 2 atom stereocenters. The number of aliphatic carboxylic acids is 1.